The van der Waals surface area contributed by atoms with Crippen molar-refractivity contribution >= 4 is 0 Å². The average Bonchev–Trinajstić information content (AvgIpc) is 2.23. The van der Waals surface area contributed by atoms with Gasteiger partial charge in [-0.25, -0.2) is 13.8 Å². The zero-order chi connectivity index (χ0) is 10.8. The maximum atomic E-state index is 13.3. The van der Waals surface area contributed by atoms with Crippen LogP contribution in [0, 0.1) is 11.6 Å². The Morgan fingerprint density at radius 2 is 2.00 bits per heavy atom. The van der Waals surface area contributed by atoms with Crippen molar-refractivity contribution in [2.75, 3.05) is 0 Å². The molecule has 5 heteroatoms. The maximum Gasteiger partial charge on any atom is 0.258 e. The number of aromatic amines is 1. The van der Waals surface area contributed by atoms with Gasteiger partial charge in [0.15, 0.2) is 0 Å². The van der Waals surface area contributed by atoms with Crippen molar-refractivity contribution in [1.29, 1.82) is 0 Å². The van der Waals surface area contributed by atoms with Gasteiger partial charge in [-0.1, -0.05) is 0 Å². The molecule has 0 aliphatic rings. The molecule has 1 aromatic carbocycles. The third-order valence-corrected chi connectivity index (χ3v) is 1.94. The molecule has 0 amide bonds. The van der Waals surface area contributed by atoms with E-state index in [1.54, 1.807) is 0 Å². The first-order valence-corrected chi connectivity index (χ1v) is 4.16. The molecule has 1 aromatic heterocycles. The summed E-state index contributed by atoms with van der Waals surface area (Å²) in [7, 11) is 0. The Balaban J connectivity index is 2.69. The molecule has 3 nitrogen and oxygen atoms in total. The van der Waals surface area contributed by atoms with E-state index in [-0.39, 0.29) is 11.1 Å². The van der Waals surface area contributed by atoms with Crippen LogP contribution in [0.25, 0.3) is 11.1 Å². The minimum Gasteiger partial charge on any atom is -0.313 e. The number of nitrogens with zero attached hydrogens (tertiary/aromatic N) is 1. The first-order chi connectivity index (χ1) is 7.18. The van der Waals surface area contributed by atoms with Gasteiger partial charge in [-0.15, -0.1) is 0 Å². The Kier molecular flexibility index (Phi) is 2.29. The van der Waals surface area contributed by atoms with Crippen LogP contribution in [0.1, 0.15) is 0 Å². The van der Waals surface area contributed by atoms with Crippen molar-refractivity contribution in [3.05, 3.63) is 52.7 Å². The lowest BCUT2D eigenvalue weighted by Gasteiger charge is -2.01. The van der Waals surface area contributed by atoms with Crippen LogP contribution in [0.4, 0.5) is 8.78 Å². The number of benzene rings is 1. The monoisotopic (exact) mass is 208 g/mol. The lowest BCUT2D eigenvalue weighted by Crippen LogP contribution is -2.09. The lowest BCUT2D eigenvalue weighted by molar-refractivity contribution is 0.603. The van der Waals surface area contributed by atoms with Gasteiger partial charge in [0.25, 0.3) is 5.56 Å². The Bertz CT molecular complexity index is 551. The molecule has 2 aromatic rings. The largest absolute Gasteiger partial charge is 0.313 e. The van der Waals surface area contributed by atoms with Crippen molar-refractivity contribution in [3.8, 4) is 11.1 Å². The molecule has 0 radical (unpaired) electrons. The van der Waals surface area contributed by atoms with Crippen molar-refractivity contribution in [2.24, 2.45) is 0 Å². The highest BCUT2D eigenvalue weighted by molar-refractivity contribution is 5.61. The molecule has 76 valence electrons. The molecule has 0 saturated carbocycles. The van der Waals surface area contributed by atoms with E-state index in [0.717, 1.165) is 18.2 Å². The first-order valence-electron chi connectivity index (χ1n) is 4.16. The summed E-state index contributed by atoms with van der Waals surface area (Å²) in [5.41, 5.74) is -0.589. The fourth-order valence-electron chi connectivity index (χ4n) is 1.24. The van der Waals surface area contributed by atoms with E-state index in [1.807, 2.05) is 0 Å². The SMILES string of the molecule is O=c1[nH]cncc1-c1cc(F)ccc1F. The second-order valence-corrected chi connectivity index (χ2v) is 2.92. The minimum absolute atomic E-state index is 0.00880. The summed E-state index contributed by atoms with van der Waals surface area (Å²) in [5.74, 6) is -1.26. The van der Waals surface area contributed by atoms with Gasteiger partial charge in [0.05, 0.1) is 11.9 Å². The third kappa shape index (κ3) is 1.76. The fourth-order valence-corrected chi connectivity index (χ4v) is 1.24. The molecular weight excluding hydrogens is 202 g/mol. The highest BCUT2D eigenvalue weighted by atomic mass is 19.1. The van der Waals surface area contributed by atoms with Gasteiger partial charge in [-0.05, 0) is 18.2 Å². The highest BCUT2D eigenvalue weighted by Gasteiger charge is 2.09. The summed E-state index contributed by atoms with van der Waals surface area (Å²) in [6.07, 6.45) is 2.37. The van der Waals surface area contributed by atoms with E-state index < -0.39 is 17.2 Å². The Labute approximate surface area is 83.4 Å². The molecule has 15 heavy (non-hydrogen) atoms. The van der Waals surface area contributed by atoms with E-state index >= 15 is 0 Å². The van der Waals surface area contributed by atoms with Gasteiger partial charge in [0, 0.05) is 11.8 Å². The summed E-state index contributed by atoms with van der Waals surface area (Å²) >= 11 is 0. The minimum atomic E-state index is -0.658. The summed E-state index contributed by atoms with van der Waals surface area (Å²) in [6, 6.07) is 2.92. The zero-order valence-corrected chi connectivity index (χ0v) is 7.50. The normalized spacial score (nSPS) is 10.3. The molecule has 1 heterocycles. The van der Waals surface area contributed by atoms with E-state index in [1.165, 1.54) is 12.5 Å². The van der Waals surface area contributed by atoms with Crippen LogP contribution in [-0.4, -0.2) is 9.97 Å². The van der Waals surface area contributed by atoms with Crippen molar-refractivity contribution in [3.63, 3.8) is 0 Å². The second-order valence-electron chi connectivity index (χ2n) is 2.92. The lowest BCUT2D eigenvalue weighted by atomic mass is 10.1. The molecule has 0 fully saturated rings. The van der Waals surface area contributed by atoms with Crippen LogP contribution < -0.4 is 5.56 Å². The highest BCUT2D eigenvalue weighted by Crippen LogP contribution is 2.19. The van der Waals surface area contributed by atoms with E-state index in [9.17, 15) is 13.6 Å². The predicted molar refractivity (Wildman–Crippen MR) is 50.2 cm³/mol. The van der Waals surface area contributed by atoms with E-state index in [0.29, 0.717) is 0 Å². The second kappa shape index (κ2) is 3.61. The van der Waals surface area contributed by atoms with Gasteiger partial charge < -0.3 is 4.98 Å². The van der Waals surface area contributed by atoms with Crippen LogP contribution in [0.2, 0.25) is 0 Å². The molecule has 0 atom stereocenters. The van der Waals surface area contributed by atoms with Crippen LogP contribution >= 0.6 is 0 Å². The number of halogens is 2. The summed E-state index contributed by atoms with van der Waals surface area (Å²) in [5, 5.41) is 0. The van der Waals surface area contributed by atoms with Crippen LogP contribution in [-0.2, 0) is 0 Å². The van der Waals surface area contributed by atoms with Gasteiger partial charge in [0.2, 0.25) is 0 Å². The third-order valence-electron chi connectivity index (χ3n) is 1.94. The Hall–Kier alpha value is -2.04. The molecule has 1 N–H and O–H groups in total. The number of H-pyrrole nitrogens is 1. The first kappa shape index (κ1) is 9.51. The molecular formula is C10H6F2N2O. The van der Waals surface area contributed by atoms with Crippen LogP contribution in [0.5, 0.6) is 0 Å². The van der Waals surface area contributed by atoms with Crippen LogP contribution in [0.15, 0.2) is 35.5 Å². The summed E-state index contributed by atoms with van der Waals surface area (Å²) in [6.45, 7) is 0. The molecule has 0 aliphatic heterocycles. The molecule has 0 bridgehead atoms. The number of rotatable bonds is 1. The topological polar surface area (TPSA) is 45.8 Å². The molecule has 2 rings (SSSR count). The number of aromatic nitrogens is 2. The number of hydrogen-bond acceptors (Lipinski definition) is 2. The molecule has 0 saturated heterocycles. The van der Waals surface area contributed by atoms with E-state index in [4.69, 9.17) is 0 Å². The maximum absolute atomic E-state index is 13.3. The predicted octanol–water partition coefficient (Wildman–Crippen LogP) is 1.72. The molecule has 0 unspecified atom stereocenters. The van der Waals surface area contributed by atoms with E-state index in [2.05, 4.69) is 9.97 Å². The smallest absolute Gasteiger partial charge is 0.258 e. The van der Waals surface area contributed by atoms with Gasteiger partial charge in [-0.2, -0.15) is 0 Å². The molecule has 0 spiro atoms. The van der Waals surface area contributed by atoms with Crippen molar-refractivity contribution < 1.29 is 8.78 Å². The van der Waals surface area contributed by atoms with Crippen LogP contribution in [0.3, 0.4) is 0 Å². The van der Waals surface area contributed by atoms with Gasteiger partial charge in [0.1, 0.15) is 11.6 Å². The standard InChI is InChI=1S/C10H6F2N2O/c11-6-1-2-9(12)7(3-6)8-4-13-5-14-10(8)15/h1-5H,(H,13,14,15). The van der Waals surface area contributed by atoms with Crippen molar-refractivity contribution in [1.82, 2.24) is 9.97 Å². The Morgan fingerprint density at radius 3 is 2.73 bits per heavy atom. The molecule has 0 aliphatic carbocycles. The summed E-state index contributed by atoms with van der Waals surface area (Å²) in [4.78, 5) is 17.2. The summed E-state index contributed by atoms with van der Waals surface area (Å²) < 4.78 is 26.2. The number of nitrogens with one attached hydrogen (secondary N) is 1. The zero-order valence-electron chi connectivity index (χ0n) is 7.50. The Morgan fingerprint density at radius 1 is 1.20 bits per heavy atom. The average molecular weight is 208 g/mol. The van der Waals surface area contributed by atoms with Gasteiger partial charge in [-0.3, -0.25) is 4.79 Å². The van der Waals surface area contributed by atoms with Crippen molar-refractivity contribution in [2.45, 2.75) is 0 Å². The quantitative estimate of drug-likeness (QED) is 0.775. The van der Waals surface area contributed by atoms with Gasteiger partial charge >= 0.3 is 0 Å². The fraction of sp³-hybridized carbons (Fsp3) is 0. The number of hydrogen-bond donors (Lipinski definition) is 1.